The number of benzene rings is 1. The van der Waals surface area contributed by atoms with Gasteiger partial charge in [0.05, 0.1) is 10.1 Å². The average Bonchev–Trinajstić information content (AvgIpc) is 2.37. The third-order valence-corrected chi connectivity index (χ3v) is 5.10. The van der Waals surface area contributed by atoms with Gasteiger partial charge in [0.1, 0.15) is 5.82 Å². The summed E-state index contributed by atoms with van der Waals surface area (Å²) in [7, 11) is -3.30. The molecule has 5 heteroatoms. The first-order valence-electron chi connectivity index (χ1n) is 5.19. The van der Waals surface area contributed by atoms with Gasteiger partial charge in [0.2, 0.25) is 0 Å². The summed E-state index contributed by atoms with van der Waals surface area (Å²) in [5, 5.41) is -0.496. The standard InChI is InChI=1S/C11H14FNO2S/c1-7(13)4-10-6-8-5-9(12)2-3-11(8)16(10,14)15/h2-3,5,7,10H,4,6,13H2,1H3. The van der Waals surface area contributed by atoms with E-state index in [9.17, 15) is 12.8 Å². The average molecular weight is 243 g/mol. The summed E-state index contributed by atoms with van der Waals surface area (Å²) >= 11 is 0. The lowest BCUT2D eigenvalue weighted by Gasteiger charge is -2.11. The van der Waals surface area contributed by atoms with Crippen LogP contribution in [0.3, 0.4) is 0 Å². The summed E-state index contributed by atoms with van der Waals surface area (Å²) < 4.78 is 37.1. The van der Waals surface area contributed by atoms with Crippen molar-refractivity contribution >= 4 is 9.84 Å². The Balaban J connectivity index is 2.42. The highest BCUT2D eigenvalue weighted by atomic mass is 32.2. The van der Waals surface area contributed by atoms with Crippen molar-refractivity contribution in [3.8, 4) is 0 Å². The molecule has 1 aromatic rings. The van der Waals surface area contributed by atoms with Crippen molar-refractivity contribution in [2.45, 2.75) is 36.0 Å². The summed E-state index contributed by atoms with van der Waals surface area (Å²) in [5.41, 5.74) is 6.19. The zero-order valence-corrected chi connectivity index (χ0v) is 9.80. The van der Waals surface area contributed by atoms with E-state index < -0.39 is 20.9 Å². The second kappa shape index (κ2) is 3.82. The monoisotopic (exact) mass is 243 g/mol. The summed E-state index contributed by atoms with van der Waals surface area (Å²) in [6.07, 6.45) is 0.787. The molecule has 0 aromatic heterocycles. The second-order valence-electron chi connectivity index (χ2n) is 4.34. The summed E-state index contributed by atoms with van der Waals surface area (Å²) in [6.45, 7) is 1.78. The minimum atomic E-state index is -3.30. The maximum atomic E-state index is 13.0. The SMILES string of the molecule is CC(N)CC1Cc2cc(F)ccc2S1(=O)=O. The van der Waals surface area contributed by atoms with Crippen LogP contribution in [-0.2, 0) is 16.3 Å². The van der Waals surface area contributed by atoms with E-state index in [-0.39, 0.29) is 10.9 Å². The first-order chi connectivity index (χ1) is 7.41. The van der Waals surface area contributed by atoms with Gasteiger partial charge in [-0.15, -0.1) is 0 Å². The number of nitrogens with two attached hydrogens (primary N) is 1. The highest BCUT2D eigenvalue weighted by Gasteiger charge is 2.37. The number of hydrogen-bond donors (Lipinski definition) is 1. The van der Waals surface area contributed by atoms with Gasteiger partial charge in [-0.25, -0.2) is 12.8 Å². The molecule has 16 heavy (non-hydrogen) atoms. The quantitative estimate of drug-likeness (QED) is 0.795. The van der Waals surface area contributed by atoms with Crippen LogP contribution < -0.4 is 5.73 Å². The van der Waals surface area contributed by atoms with E-state index in [1.165, 1.54) is 18.2 Å². The van der Waals surface area contributed by atoms with Crippen molar-refractivity contribution in [1.29, 1.82) is 0 Å². The van der Waals surface area contributed by atoms with Crippen LogP contribution in [0.1, 0.15) is 18.9 Å². The molecule has 1 aliphatic heterocycles. The van der Waals surface area contributed by atoms with Crippen LogP contribution in [0, 0.1) is 5.82 Å². The third kappa shape index (κ3) is 1.85. The van der Waals surface area contributed by atoms with Gasteiger partial charge in [-0.1, -0.05) is 0 Å². The van der Waals surface area contributed by atoms with Crippen LogP contribution in [-0.4, -0.2) is 19.7 Å². The molecule has 2 rings (SSSR count). The minimum absolute atomic E-state index is 0.168. The predicted octanol–water partition coefficient (Wildman–Crippen LogP) is 1.26. The van der Waals surface area contributed by atoms with E-state index in [1.54, 1.807) is 6.92 Å². The van der Waals surface area contributed by atoms with Crippen LogP contribution in [0.2, 0.25) is 0 Å². The molecule has 88 valence electrons. The molecule has 0 fully saturated rings. The van der Waals surface area contributed by atoms with E-state index in [0.29, 0.717) is 18.4 Å². The lowest BCUT2D eigenvalue weighted by molar-refractivity contribution is 0.563. The molecule has 0 amide bonds. The van der Waals surface area contributed by atoms with Gasteiger partial charge in [-0.2, -0.15) is 0 Å². The van der Waals surface area contributed by atoms with Gasteiger partial charge in [0, 0.05) is 6.04 Å². The fraction of sp³-hybridized carbons (Fsp3) is 0.455. The Hall–Kier alpha value is -0.940. The molecule has 2 unspecified atom stereocenters. The zero-order chi connectivity index (χ0) is 11.9. The predicted molar refractivity (Wildman–Crippen MR) is 59.3 cm³/mol. The van der Waals surface area contributed by atoms with Crippen molar-refractivity contribution in [3.05, 3.63) is 29.6 Å². The molecular weight excluding hydrogens is 229 g/mol. The van der Waals surface area contributed by atoms with Gasteiger partial charge in [-0.3, -0.25) is 0 Å². The fourth-order valence-electron chi connectivity index (χ4n) is 2.14. The van der Waals surface area contributed by atoms with E-state index in [1.807, 2.05) is 0 Å². The van der Waals surface area contributed by atoms with E-state index in [4.69, 9.17) is 5.73 Å². The maximum absolute atomic E-state index is 13.0. The van der Waals surface area contributed by atoms with Crippen LogP contribution in [0.4, 0.5) is 4.39 Å². The molecule has 2 N–H and O–H groups in total. The molecule has 1 heterocycles. The fourth-order valence-corrected chi connectivity index (χ4v) is 4.22. The third-order valence-electron chi connectivity index (χ3n) is 2.85. The first-order valence-corrected chi connectivity index (χ1v) is 6.74. The van der Waals surface area contributed by atoms with Crippen molar-refractivity contribution in [1.82, 2.24) is 0 Å². The molecule has 0 bridgehead atoms. The first kappa shape index (κ1) is 11.5. The highest BCUT2D eigenvalue weighted by Crippen LogP contribution is 2.33. The molecule has 0 radical (unpaired) electrons. The van der Waals surface area contributed by atoms with Gasteiger partial charge < -0.3 is 5.73 Å². The molecule has 1 aromatic carbocycles. The van der Waals surface area contributed by atoms with E-state index in [0.717, 1.165) is 0 Å². The molecule has 0 saturated carbocycles. The largest absolute Gasteiger partial charge is 0.328 e. The Morgan fingerprint density at radius 1 is 1.56 bits per heavy atom. The number of fused-ring (bicyclic) bond motifs is 1. The number of rotatable bonds is 2. The Morgan fingerprint density at radius 3 is 2.88 bits per heavy atom. The molecule has 2 atom stereocenters. The van der Waals surface area contributed by atoms with Gasteiger partial charge >= 0.3 is 0 Å². The molecule has 0 saturated heterocycles. The number of halogens is 1. The van der Waals surface area contributed by atoms with Crippen molar-refractivity contribution in [2.24, 2.45) is 5.73 Å². The highest BCUT2D eigenvalue weighted by molar-refractivity contribution is 7.92. The Kier molecular flexibility index (Phi) is 2.75. The summed E-state index contributed by atoms with van der Waals surface area (Å²) in [5.74, 6) is -0.393. The topological polar surface area (TPSA) is 60.2 Å². The second-order valence-corrected chi connectivity index (χ2v) is 6.53. The van der Waals surface area contributed by atoms with Gasteiger partial charge in [-0.05, 0) is 43.5 Å². The Labute approximate surface area is 94.4 Å². The van der Waals surface area contributed by atoms with Gasteiger partial charge in [0.25, 0.3) is 0 Å². The van der Waals surface area contributed by atoms with E-state index in [2.05, 4.69) is 0 Å². The normalized spacial score (nSPS) is 24.1. The smallest absolute Gasteiger partial charge is 0.181 e. The van der Waals surface area contributed by atoms with Crippen LogP contribution in [0.5, 0.6) is 0 Å². The van der Waals surface area contributed by atoms with E-state index >= 15 is 0 Å². The minimum Gasteiger partial charge on any atom is -0.328 e. The van der Waals surface area contributed by atoms with Crippen molar-refractivity contribution in [3.63, 3.8) is 0 Å². The Bertz CT molecular complexity index is 511. The summed E-state index contributed by atoms with van der Waals surface area (Å²) in [6, 6.07) is 3.67. The molecule has 1 aliphatic rings. The van der Waals surface area contributed by atoms with Crippen LogP contribution in [0.15, 0.2) is 23.1 Å². The summed E-state index contributed by atoms with van der Waals surface area (Å²) in [4.78, 5) is 0.263. The van der Waals surface area contributed by atoms with Crippen LogP contribution >= 0.6 is 0 Å². The van der Waals surface area contributed by atoms with Crippen molar-refractivity contribution in [2.75, 3.05) is 0 Å². The molecule has 0 spiro atoms. The van der Waals surface area contributed by atoms with Crippen LogP contribution in [0.25, 0.3) is 0 Å². The van der Waals surface area contributed by atoms with Gasteiger partial charge in [0.15, 0.2) is 9.84 Å². The Morgan fingerprint density at radius 2 is 2.25 bits per heavy atom. The zero-order valence-electron chi connectivity index (χ0n) is 8.98. The molecule has 3 nitrogen and oxygen atoms in total. The number of sulfone groups is 1. The lowest BCUT2D eigenvalue weighted by Crippen LogP contribution is -2.27. The molecule has 0 aliphatic carbocycles. The number of hydrogen-bond acceptors (Lipinski definition) is 3. The maximum Gasteiger partial charge on any atom is 0.181 e. The van der Waals surface area contributed by atoms with Crippen molar-refractivity contribution < 1.29 is 12.8 Å². The molecular formula is C11H14FNO2S. The lowest BCUT2D eigenvalue weighted by atomic mass is 10.1.